The number of aromatic nitrogens is 2. The van der Waals surface area contributed by atoms with Crippen molar-refractivity contribution in [1.29, 1.82) is 0 Å². The van der Waals surface area contributed by atoms with Crippen molar-refractivity contribution in [3.8, 4) is 0 Å². The Balaban J connectivity index is 2.19. The van der Waals surface area contributed by atoms with Gasteiger partial charge in [-0.15, -0.1) is 0 Å². The molecule has 3 nitrogen and oxygen atoms in total. The lowest BCUT2D eigenvalue weighted by molar-refractivity contribution is 0.197. The van der Waals surface area contributed by atoms with Crippen LogP contribution in [0.5, 0.6) is 0 Å². The maximum absolute atomic E-state index is 9.53. The standard InChI is InChI=1S/C13H20N2O/c1-9-12(10(2)16)8-14-13(15-9)11-6-4-3-5-7-11/h8,10-11,16H,3-7H2,1-2H3/t10-/m1/s1. The molecule has 1 fully saturated rings. The third kappa shape index (κ3) is 2.40. The normalized spacial score (nSPS) is 19.7. The lowest BCUT2D eigenvalue weighted by Gasteiger charge is -2.21. The molecule has 0 bridgehead atoms. The van der Waals surface area contributed by atoms with Crippen LogP contribution in [-0.2, 0) is 0 Å². The summed E-state index contributed by atoms with van der Waals surface area (Å²) in [6.07, 6.45) is 7.69. The molecule has 0 aliphatic heterocycles. The minimum Gasteiger partial charge on any atom is -0.389 e. The van der Waals surface area contributed by atoms with E-state index in [2.05, 4.69) is 9.97 Å². The lowest BCUT2D eigenvalue weighted by atomic mass is 9.88. The molecule has 1 aliphatic carbocycles. The molecule has 0 unspecified atom stereocenters. The molecule has 3 heteroatoms. The number of nitrogens with zero attached hydrogens (tertiary/aromatic N) is 2. The number of rotatable bonds is 2. The fourth-order valence-corrected chi connectivity index (χ4v) is 2.46. The van der Waals surface area contributed by atoms with Crippen LogP contribution in [0.15, 0.2) is 6.20 Å². The van der Waals surface area contributed by atoms with Crippen molar-refractivity contribution in [2.45, 2.75) is 58.0 Å². The Morgan fingerprint density at radius 3 is 2.56 bits per heavy atom. The SMILES string of the molecule is Cc1nc(C2CCCCC2)ncc1[C@@H](C)O. The second kappa shape index (κ2) is 4.91. The van der Waals surface area contributed by atoms with E-state index < -0.39 is 6.10 Å². The van der Waals surface area contributed by atoms with Crippen LogP contribution in [0.3, 0.4) is 0 Å². The largest absolute Gasteiger partial charge is 0.389 e. The highest BCUT2D eigenvalue weighted by molar-refractivity contribution is 5.19. The lowest BCUT2D eigenvalue weighted by Crippen LogP contribution is -2.11. The van der Waals surface area contributed by atoms with Crippen molar-refractivity contribution in [2.24, 2.45) is 0 Å². The van der Waals surface area contributed by atoms with Crippen molar-refractivity contribution < 1.29 is 5.11 Å². The number of aliphatic hydroxyl groups is 1. The fraction of sp³-hybridized carbons (Fsp3) is 0.692. The predicted molar refractivity (Wildman–Crippen MR) is 63.2 cm³/mol. The van der Waals surface area contributed by atoms with Gasteiger partial charge >= 0.3 is 0 Å². The Morgan fingerprint density at radius 2 is 2.00 bits per heavy atom. The van der Waals surface area contributed by atoms with Gasteiger partial charge in [-0.3, -0.25) is 0 Å². The maximum atomic E-state index is 9.53. The monoisotopic (exact) mass is 220 g/mol. The zero-order chi connectivity index (χ0) is 11.5. The van der Waals surface area contributed by atoms with Gasteiger partial charge in [-0.25, -0.2) is 9.97 Å². The molecule has 1 heterocycles. The molecule has 1 aliphatic rings. The predicted octanol–water partition coefficient (Wildman–Crippen LogP) is 2.89. The highest BCUT2D eigenvalue weighted by Gasteiger charge is 2.19. The molecule has 0 radical (unpaired) electrons. The van der Waals surface area contributed by atoms with E-state index in [1.54, 1.807) is 13.1 Å². The minimum atomic E-state index is -0.472. The zero-order valence-corrected chi connectivity index (χ0v) is 10.1. The summed E-state index contributed by atoms with van der Waals surface area (Å²) in [6.45, 7) is 3.71. The third-order valence-electron chi connectivity index (χ3n) is 3.46. The minimum absolute atomic E-state index is 0.472. The molecule has 0 saturated heterocycles. The molecule has 1 N–H and O–H groups in total. The summed E-state index contributed by atoms with van der Waals surface area (Å²) in [6, 6.07) is 0. The number of hydrogen-bond acceptors (Lipinski definition) is 3. The first kappa shape index (κ1) is 11.5. The van der Waals surface area contributed by atoms with E-state index in [0.717, 1.165) is 17.1 Å². The van der Waals surface area contributed by atoms with Gasteiger partial charge in [0.15, 0.2) is 0 Å². The zero-order valence-electron chi connectivity index (χ0n) is 10.1. The van der Waals surface area contributed by atoms with E-state index in [0.29, 0.717) is 5.92 Å². The van der Waals surface area contributed by atoms with Gasteiger partial charge in [0, 0.05) is 23.4 Å². The third-order valence-corrected chi connectivity index (χ3v) is 3.46. The molecular formula is C13H20N2O. The van der Waals surface area contributed by atoms with Gasteiger partial charge in [0.05, 0.1) is 6.10 Å². The van der Waals surface area contributed by atoms with Crippen molar-refractivity contribution in [1.82, 2.24) is 9.97 Å². The van der Waals surface area contributed by atoms with Gasteiger partial charge in [-0.1, -0.05) is 19.3 Å². The van der Waals surface area contributed by atoms with Gasteiger partial charge in [0.25, 0.3) is 0 Å². The molecule has 88 valence electrons. The average molecular weight is 220 g/mol. The quantitative estimate of drug-likeness (QED) is 0.833. The summed E-state index contributed by atoms with van der Waals surface area (Å²) in [4.78, 5) is 8.96. The summed E-state index contributed by atoms with van der Waals surface area (Å²) in [5, 5.41) is 9.53. The van der Waals surface area contributed by atoms with Gasteiger partial charge in [0.1, 0.15) is 5.82 Å². The summed E-state index contributed by atoms with van der Waals surface area (Å²) >= 11 is 0. The average Bonchev–Trinajstić information content (AvgIpc) is 2.29. The van der Waals surface area contributed by atoms with Gasteiger partial charge in [0.2, 0.25) is 0 Å². The van der Waals surface area contributed by atoms with Crippen LogP contribution in [0.2, 0.25) is 0 Å². The summed E-state index contributed by atoms with van der Waals surface area (Å²) in [5.41, 5.74) is 1.77. The molecule has 1 saturated carbocycles. The van der Waals surface area contributed by atoms with Gasteiger partial charge < -0.3 is 5.11 Å². The second-order valence-electron chi connectivity index (χ2n) is 4.78. The van der Waals surface area contributed by atoms with E-state index in [9.17, 15) is 5.11 Å². The highest BCUT2D eigenvalue weighted by atomic mass is 16.3. The summed E-state index contributed by atoms with van der Waals surface area (Å²) < 4.78 is 0. The summed E-state index contributed by atoms with van der Waals surface area (Å²) in [5.74, 6) is 1.51. The van der Waals surface area contributed by atoms with Gasteiger partial charge in [-0.2, -0.15) is 0 Å². The van der Waals surface area contributed by atoms with E-state index in [1.165, 1.54) is 32.1 Å². The molecule has 2 rings (SSSR count). The van der Waals surface area contributed by atoms with E-state index in [4.69, 9.17) is 0 Å². The smallest absolute Gasteiger partial charge is 0.131 e. The van der Waals surface area contributed by atoms with Crippen LogP contribution in [0.4, 0.5) is 0 Å². The van der Waals surface area contributed by atoms with Gasteiger partial charge in [-0.05, 0) is 26.7 Å². The van der Waals surface area contributed by atoms with Crippen molar-refractivity contribution in [3.05, 3.63) is 23.3 Å². The fourth-order valence-electron chi connectivity index (χ4n) is 2.46. The van der Waals surface area contributed by atoms with E-state index in [-0.39, 0.29) is 0 Å². The molecule has 1 aromatic heterocycles. The topological polar surface area (TPSA) is 46.0 Å². The van der Waals surface area contributed by atoms with Crippen LogP contribution in [0.25, 0.3) is 0 Å². The molecule has 1 atom stereocenters. The summed E-state index contributed by atoms with van der Waals surface area (Å²) in [7, 11) is 0. The molecule has 1 aromatic rings. The highest BCUT2D eigenvalue weighted by Crippen LogP contribution is 2.31. The van der Waals surface area contributed by atoms with E-state index >= 15 is 0 Å². The molecule has 16 heavy (non-hydrogen) atoms. The molecule has 0 amide bonds. The van der Waals surface area contributed by atoms with E-state index in [1.807, 2.05) is 6.92 Å². The Kier molecular flexibility index (Phi) is 3.54. The van der Waals surface area contributed by atoms with Crippen LogP contribution < -0.4 is 0 Å². The number of aryl methyl sites for hydroxylation is 1. The number of aliphatic hydroxyl groups excluding tert-OH is 1. The Bertz CT molecular complexity index is 357. The molecule has 0 aromatic carbocycles. The van der Waals surface area contributed by atoms with Crippen LogP contribution in [-0.4, -0.2) is 15.1 Å². The Morgan fingerprint density at radius 1 is 1.31 bits per heavy atom. The van der Waals surface area contributed by atoms with Crippen molar-refractivity contribution in [3.63, 3.8) is 0 Å². The van der Waals surface area contributed by atoms with Crippen LogP contribution in [0.1, 0.15) is 68.1 Å². The Hall–Kier alpha value is -0.960. The Labute approximate surface area is 96.9 Å². The molecular weight excluding hydrogens is 200 g/mol. The first-order chi connectivity index (χ1) is 7.68. The number of hydrogen-bond donors (Lipinski definition) is 1. The van der Waals surface area contributed by atoms with Crippen molar-refractivity contribution >= 4 is 0 Å². The molecule has 0 spiro atoms. The maximum Gasteiger partial charge on any atom is 0.131 e. The first-order valence-corrected chi connectivity index (χ1v) is 6.20. The second-order valence-corrected chi connectivity index (χ2v) is 4.78. The first-order valence-electron chi connectivity index (χ1n) is 6.20. The van der Waals surface area contributed by atoms with Crippen LogP contribution >= 0.6 is 0 Å². The van der Waals surface area contributed by atoms with Crippen LogP contribution in [0, 0.1) is 6.92 Å². The van der Waals surface area contributed by atoms with Crippen molar-refractivity contribution in [2.75, 3.05) is 0 Å².